The van der Waals surface area contributed by atoms with Gasteiger partial charge in [-0.2, -0.15) is 0 Å². The Morgan fingerprint density at radius 2 is 1.83 bits per heavy atom. The Bertz CT molecular complexity index is 668. The molecule has 0 bridgehead atoms. The standard InChI is InChI=1S/C19H23FN2O/c1-14-4-3-5-15(12-14)19(22-10-8-21-9-11-22)16-6-7-18(23-2)17(20)13-16/h3-7,12-13,19,21H,8-11H2,1-2H3. The molecule has 23 heavy (non-hydrogen) atoms. The Morgan fingerprint density at radius 1 is 1.09 bits per heavy atom. The second-order valence-corrected chi connectivity index (χ2v) is 6.00. The van der Waals surface area contributed by atoms with E-state index in [1.165, 1.54) is 18.2 Å². The van der Waals surface area contributed by atoms with E-state index in [9.17, 15) is 4.39 Å². The van der Waals surface area contributed by atoms with Gasteiger partial charge in [-0.15, -0.1) is 0 Å². The summed E-state index contributed by atoms with van der Waals surface area (Å²) in [5.74, 6) is -0.0187. The van der Waals surface area contributed by atoms with Crippen LogP contribution in [0.3, 0.4) is 0 Å². The monoisotopic (exact) mass is 314 g/mol. The van der Waals surface area contributed by atoms with Crippen LogP contribution in [0.15, 0.2) is 42.5 Å². The van der Waals surface area contributed by atoms with Crippen molar-refractivity contribution in [3.05, 3.63) is 65.0 Å². The molecular weight excluding hydrogens is 291 g/mol. The lowest BCUT2D eigenvalue weighted by atomic mass is 9.95. The minimum absolute atomic E-state index is 0.0670. The molecule has 1 heterocycles. The molecule has 1 N–H and O–H groups in total. The largest absolute Gasteiger partial charge is 0.494 e. The van der Waals surface area contributed by atoms with Gasteiger partial charge in [0.25, 0.3) is 0 Å². The highest BCUT2D eigenvalue weighted by molar-refractivity contribution is 5.38. The predicted octanol–water partition coefficient (Wildman–Crippen LogP) is 3.14. The summed E-state index contributed by atoms with van der Waals surface area (Å²) < 4.78 is 19.3. The van der Waals surface area contributed by atoms with Gasteiger partial charge in [0.15, 0.2) is 11.6 Å². The second kappa shape index (κ2) is 7.11. The molecule has 0 aromatic heterocycles. The number of aryl methyl sites for hydroxylation is 1. The molecule has 0 radical (unpaired) electrons. The molecular formula is C19H23FN2O. The Balaban J connectivity index is 2.02. The van der Waals surface area contributed by atoms with Crippen LogP contribution in [0.5, 0.6) is 5.75 Å². The van der Waals surface area contributed by atoms with Crippen LogP contribution in [0.4, 0.5) is 4.39 Å². The number of hydrogen-bond donors (Lipinski definition) is 1. The minimum atomic E-state index is -0.308. The lowest BCUT2D eigenvalue weighted by Crippen LogP contribution is -2.45. The van der Waals surface area contributed by atoms with Gasteiger partial charge in [-0.25, -0.2) is 4.39 Å². The molecule has 0 saturated carbocycles. The summed E-state index contributed by atoms with van der Waals surface area (Å²) in [6, 6.07) is 13.8. The molecule has 2 aromatic rings. The zero-order valence-corrected chi connectivity index (χ0v) is 13.7. The summed E-state index contributed by atoms with van der Waals surface area (Å²) in [4.78, 5) is 2.41. The van der Waals surface area contributed by atoms with E-state index in [-0.39, 0.29) is 17.6 Å². The van der Waals surface area contributed by atoms with Crippen molar-refractivity contribution in [2.24, 2.45) is 0 Å². The van der Waals surface area contributed by atoms with Crippen LogP contribution in [-0.2, 0) is 0 Å². The minimum Gasteiger partial charge on any atom is -0.494 e. The molecule has 1 aliphatic heterocycles. The number of benzene rings is 2. The van der Waals surface area contributed by atoms with Gasteiger partial charge in [-0.05, 0) is 30.2 Å². The summed E-state index contributed by atoms with van der Waals surface area (Å²) in [6.45, 7) is 5.91. The fourth-order valence-corrected chi connectivity index (χ4v) is 3.25. The van der Waals surface area contributed by atoms with Gasteiger partial charge in [-0.3, -0.25) is 4.90 Å². The molecule has 0 aliphatic carbocycles. The van der Waals surface area contributed by atoms with E-state index in [4.69, 9.17) is 4.74 Å². The molecule has 4 heteroatoms. The normalized spacial score (nSPS) is 17.0. The topological polar surface area (TPSA) is 24.5 Å². The van der Waals surface area contributed by atoms with Crippen LogP contribution in [0.1, 0.15) is 22.7 Å². The first kappa shape index (κ1) is 16.0. The van der Waals surface area contributed by atoms with Crippen molar-refractivity contribution >= 4 is 0 Å². The SMILES string of the molecule is COc1ccc(C(c2cccc(C)c2)N2CCNCC2)cc1F. The van der Waals surface area contributed by atoms with Crippen molar-refractivity contribution in [1.29, 1.82) is 0 Å². The van der Waals surface area contributed by atoms with Crippen molar-refractivity contribution in [3.8, 4) is 5.75 Å². The van der Waals surface area contributed by atoms with Crippen LogP contribution in [-0.4, -0.2) is 38.2 Å². The van der Waals surface area contributed by atoms with Crippen molar-refractivity contribution in [2.75, 3.05) is 33.3 Å². The van der Waals surface area contributed by atoms with Crippen molar-refractivity contribution in [3.63, 3.8) is 0 Å². The lowest BCUT2D eigenvalue weighted by Gasteiger charge is -2.35. The third-order valence-corrected chi connectivity index (χ3v) is 4.37. The molecule has 3 nitrogen and oxygen atoms in total. The highest BCUT2D eigenvalue weighted by atomic mass is 19.1. The maximum atomic E-state index is 14.2. The molecule has 122 valence electrons. The first-order valence-electron chi connectivity index (χ1n) is 8.04. The second-order valence-electron chi connectivity index (χ2n) is 6.00. The number of nitrogens with one attached hydrogen (secondary N) is 1. The molecule has 1 unspecified atom stereocenters. The van der Waals surface area contributed by atoms with E-state index in [0.29, 0.717) is 0 Å². The van der Waals surface area contributed by atoms with E-state index in [1.807, 2.05) is 6.07 Å². The van der Waals surface area contributed by atoms with Crippen molar-refractivity contribution in [1.82, 2.24) is 10.2 Å². The molecule has 1 atom stereocenters. The third-order valence-electron chi connectivity index (χ3n) is 4.37. The van der Waals surface area contributed by atoms with Crippen LogP contribution in [0.25, 0.3) is 0 Å². The molecule has 0 amide bonds. The van der Waals surface area contributed by atoms with Crippen LogP contribution in [0.2, 0.25) is 0 Å². The molecule has 1 fully saturated rings. The average molecular weight is 314 g/mol. The Morgan fingerprint density at radius 3 is 2.48 bits per heavy atom. The smallest absolute Gasteiger partial charge is 0.165 e. The van der Waals surface area contributed by atoms with Gasteiger partial charge < -0.3 is 10.1 Å². The molecule has 0 spiro atoms. The summed E-state index contributed by atoms with van der Waals surface area (Å²) in [6.07, 6.45) is 0. The number of piperazine rings is 1. The predicted molar refractivity (Wildman–Crippen MR) is 90.4 cm³/mol. The number of nitrogens with zero attached hydrogens (tertiary/aromatic N) is 1. The van der Waals surface area contributed by atoms with Gasteiger partial charge >= 0.3 is 0 Å². The zero-order valence-electron chi connectivity index (χ0n) is 13.7. The zero-order chi connectivity index (χ0) is 16.2. The average Bonchev–Trinajstić information content (AvgIpc) is 2.56. The van der Waals surface area contributed by atoms with Gasteiger partial charge in [0.2, 0.25) is 0 Å². The maximum Gasteiger partial charge on any atom is 0.165 e. The van der Waals surface area contributed by atoms with Crippen molar-refractivity contribution in [2.45, 2.75) is 13.0 Å². The third kappa shape index (κ3) is 3.54. The summed E-state index contributed by atoms with van der Waals surface area (Å²) in [5.41, 5.74) is 3.39. The van der Waals surface area contributed by atoms with E-state index < -0.39 is 0 Å². The first-order chi connectivity index (χ1) is 11.2. The fraction of sp³-hybridized carbons (Fsp3) is 0.368. The quantitative estimate of drug-likeness (QED) is 0.938. The number of hydrogen-bond acceptors (Lipinski definition) is 3. The summed E-state index contributed by atoms with van der Waals surface area (Å²) >= 11 is 0. The van der Waals surface area contributed by atoms with Crippen LogP contribution < -0.4 is 10.1 Å². The summed E-state index contributed by atoms with van der Waals surface area (Å²) in [7, 11) is 1.49. The molecule has 2 aromatic carbocycles. The molecule has 3 rings (SSSR count). The van der Waals surface area contributed by atoms with E-state index in [0.717, 1.165) is 31.7 Å². The van der Waals surface area contributed by atoms with Gasteiger partial charge in [-0.1, -0.05) is 35.9 Å². The lowest BCUT2D eigenvalue weighted by molar-refractivity contribution is 0.198. The maximum absolute atomic E-state index is 14.2. The number of methoxy groups -OCH3 is 1. The first-order valence-corrected chi connectivity index (χ1v) is 8.04. The van der Waals surface area contributed by atoms with Gasteiger partial charge in [0.05, 0.1) is 13.2 Å². The molecule has 1 aliphatic rings. The Kier molecular flexibility index (Phi) is 4.94. The van der Waals surface area contributed by atoms with Crippen molar-refractivity contribution < 1.29 is 9.13 Å². The fourth-order valence-electron chi connectivity index (χ4n) is 3.25. The van der Waals surface area contributed by atoms with Gasteiger partial charge in [0, 0.05) is 26.2 Å². The number of ether oxygens (including phenoxy) is 1. The number of rotatable bonds is 4. The Hall–Kier alpha value is -1.91. The van der Waals surface area contributed by atoms with E-state index in [2.05, 4.69) is 41.4 Å². The van der Waals surface area contributed by atoms with Crippen LogP contribution >= 0.6 is 0 Å². The number of halogens is 1. The van der Waals surface area contributed by atoms with Gasteiger partial charge in [0.1, 0.15) is 0 Å². The summed E-state index contributed by atoms with van der Waals surface area (Å²) in [5, 5.41) is 3.38. The highest BCUT2D eigenvalue weighted by Gasteiger charge is 2.24. The highest BCUT2D eigenvalue weighted by Crippen LogP contribution is 2.31. The van der Waals surface area contributed by atoms with E-state index >= 15 is 0 Å². The van der Waals surface area contributed by atoms with Crippen LogP contribution in [0, 0.1) is 12.7 Å². The van der Waals surface area contributed by atoms with E-state index in [1.54, 1.807) is 12.1 Å². The Labute approximate surface area is 137 Å². The molecule has 1 saturated heterocycles.